The van der Waals surface area contributed by atoms with E-state index in [1.807, 2.05) is 45.6 Å². The minimum Gasteiger partial charge on any atom is -0.338 e. The third kappa shape index (κ3) is 2.74. The third-order valence-electron chi connectivity index (χ3n) is 5.57. The molecule has 130 valence electrons. The average molecular weight is 355 g/mol. The number of likely N-dealkylation sites (tertiary alicyclic amines) is 2. The molecule has 0 saturated carbocycles. The molecule has 2 aromatic rings. The molecule has 2 saturated heterocycles. The smallest absolute Gasteiger partial charge is 0.263 e. The van der Waals surface area contributed by atoms with Crippen LogP contribution in [-0.2, 0) is 11.3 Å². The van der Waals surface area contributed by atoms with E-state index in [4.69, 9.17) is 0 Å². The van der Waals surface area contributed by atoms with Crippen LogP contribution >= 0.6 is 11.3 Å². The lowest BCUT2D eigenvalue weighted by Gasteiger charge is -2.26. The van der Waals surface area contributed by atoms with Crippen molar-refractivity contribution in [1.29, 1.82) is 0 Å². The van der Waals surface area contributed by atoms with Gasteiger partial charge in [0.1, 0.15) is 0 Å². The monoisotopic (exact) mass is 355 g/mol. The number of carbonyl (C=O) groups excluding carboxylic acids is 2. The van der Waals surface area contributed by atoms with Crippen LogP contribution in [0.15, 0.2) is 42.0 Å². The van der Waals surface area contributed by atoms with Gasteiger partial charge in [0.15, 0.2) is 0 Å². The molecule has 2 aliphatic heterocycles. The second-order valence-electron chi connectivity index (χ2n) is 7.06. The minimum absolute atomic E-state index is 0.0530. The van der Waals surface area contributed by atoms with Crippen molar-refractivity contribution in [2.24, 2.45) is 11.3 Å². The summed E-state index contributed by atoms with van der Waals surface area (Å²) >= 11 is 1.46. The van der Waals surface area contributed by atoms with Crippen LogP contribution in [0.2, 0.25) is 0 Å². The Labute approximate surface area is 151 Å². The Kier molecular flexibility index (Phi) is 4.07. The Balaban J connectivity index is 1.50. The van der Waals surface area contributed by atoms with E-state index in [2.05, 4.69) is 11.9 Å². The summed E-state index contributed by atoms with van der Waals surface area (Å²) in [5, 5.41) is 1.92. The van der Waals surface area contributed by atoms with Crippen molar-refractivity contribution in [1.82, 2.24) is 14.8 Å². The fourth-order valence-corrected chi connectivity index (χ4v) is 4.79. The Morgan fingerprint density at radius 1 is 1.40 bits per heavy atom. The number of hydrogen-bond donors (Lipinski definition) is 0. The van der Waals surface area contributed by atoms with Gasteiger partial charge < -0.3 is 9.80 Å². The van der Waals surface area contributed by atoms with Crippen molar-refractivity contribution in [3.63, 3.8) is 0 Å². The second kappa shape index (κ2) is 6.26. The number of pyridine rings is 1. The molecule has 2 aliphatic rings. The fourth-order valence-electron chi connectivity index (χ4n) is 4.10. The fraction of sp³-hybridized carbons (Fsp3) is 0.421. The SMILES string of the molecule is C[C@@H]1CN(C(=O)c2cccs2)C[C@]12CCN(Cc1cccnc1)C2=O. The molecule has 2 fully saturated rings. The predicted molar refractivity (Wildman–Crippen MR) is 96.1 cm³/mol. The first kappa shape index (κ1) is 16.3. The Morgan fingerprint density at radius 3 is 3.00 bits per heavy atom. The van der Waals surface area contributed by atoms with E-state index in [-0.39, 0.29) is 17.7 Å². The van der Waals surface area contributed by atoms with Crippen LogP contribution in [0.5, 0.6) is 0 Å². The van der Waals surface area contributed by atoms with Gasteiger partial charge in [-0.15, -0.1) is 11.3 Å². The summed E-state index contributed by atoms with van der Waals surface area (Å²) in [4.78, 5) is 34.5. The van der Waals surface area contributed by atoms with Crippen molar-refractivity contribution in [3.05, 3.63) is 52.5 Å². The molecule has 0 radical (unpaired) electrons. The molecule has 0 aromatic carbocycles. The topological polar surface area (TPSA) is 53.5 Å². The highest BCUT2D eigenvalue weighted by atomic mass is 32.1. The normalized spacial score (nSPS) is 26.0. The molecule has 0 aliphatic carbocycles. The maximum Gasteiger partial charge on any atom is 0.263 e. The van der Waals surface area contributed by atoms with Gasteiger partial charge >= 0.3 is 0 Å². The van der Waals surface area contributed by atoms with Gasteiger partial charge in [0.25, 0.3) is 5.91 Å². The van der Waals surface area contributed by atoms with E-state index in [1.165, 1.54) is 11.3 Å². The van der Waals surface area contributed by atoms with Crippen LogP contribution in [-0.4, -0.2) is 46.2 Å². The zero-order valence-corrected chi connectivity index (χ0v) is 15.0. The molecule has 25 heavy (non-hydrogen) atoms. The van der Waals surface area contributed by atoms with E-state index in [1.54, 1.807) is 6.20 Å². The van der Waals surface area contributed by atoms with Gasteiger partial charge in [-0.05, 0) is 35.4 Å². The molecule has 2 atom stereocenters. The maximum absolute atomic E-state index is 13.2. The van der Waals surface area contributed by atoms with E-state index in [0.29, 0.717) is 19.6 Å². The molecule has 2 aromatic heterocycles. The lowest BCUT2D eigenvalue weighted by atomic mass is 9.78. The Morgan fingerprint density at radius 2 is 2.28 bits per heavy atom. The molecule has 2 amide bonds. The molecule has 4 rings (SSSR count). The summed E-state index contributed by atoms with van der Waals surface area (Å²) in [6, 6.07) is 7.64. The van der Waals surface area contributed by atoms with E-state index in [9.17, 15) is 9.59 Å². The van der Waals surface area contributed by atoms with Crippen LogP contribution in [0.25, 0.3) is 0 Å². The molecule has 4 heterocycles. The van der Waals surface area contributed by atoms with Crippen LogP contribution in [0.3, 0.4) is 0 Å². The lowest BCUT2D eigenvalue weighted by molar-refractivity contribution is -0.137. The molecule has 0 unspecified atom stereocenters. The number of carbonyl (C=O) groups is 2. The predicted octanol–water partition coefficient (Wildman–Crippen LogP) is 2.65. The first-order valence-corrected chi connectivity index (χ1v) is 9.49. The van der Waals surface area contributed by atoms with Gasteiger partial charge in [0.05, 0.1) is 10.3 Å². The largest absolute Gasteiger partial charge is 0.338 e. The van der Waals surface area contributed by atoms with Gasteiger partial charge in [-0.2, -0.15) is 0 Å². The third-order valence-corrected chi connectivity index (χ3v) is 6.42. The van der Waals surface area contributed by atoms with Gasteiger partial charge in [-0.3, -0.25) is 14.6 Å². The average Bonchev–Trinajstić information content (AvgIpc) is 3.33. The van der Waals surface area contributed by atoms with Crippen molar-refractivity contribution >= 4 is 23.2 Å². The van der Waals surface area contributed by atoms with Crippen molar-refractivity contribution < 1.29 is 9.59 Å². The van der Waals surface area contributed by atoms with Gasteiger partial charge in [0, 0.05) is 38.6 Å². The zero-order valence-electron chi connectivity index (χ0n) is 14.2. The molecule has 6 heteroatoms. The van der Waals surface area contributed by atoms with E-state index < -0.39 is 5.41 Å². The van der Waals surface area contributed by atoms with Gasteiger partial charge in [-0.1, -0.05) is 19.1 Å². The number of hydrogen-bond acceptors (Lipinski definition) is 4. The summed E-state index contributed by atoms with van der Waals surface area (Å²) in [5.74, 6) is 0.422. The zero-order chi connectivity index (χ0) is 17.4. The quantitative estimate of drug-likeness (QED) is 0.850. The molecule has 1 spiro atoms. The highest BCUT2D eigenvalue weighted by molar-refractivity contribution is 7.12. The first-order chi connectivity index (χ1) is 12.1. The van der Waals surface area contributed by atoms with Crippen LogP contribution in [0.1, 0.15) is 28.6 Å². The molecule has 0 bridgehead atoms. The number of aromatic nitrogens is 1. The summed E-state index contributed by atoms with van der Waals surface area (Å²) < 4.78 is 0. The first-order valence-electron chi connectivity index (χ1n) is 8.61. The van der Waals surface area contributed by atoms with Crippen molar-refractivity contribution in [3.8, 4) is 0 Å². The minimum atomic E-state index is -0.421. The summed E-state index contributed by atoms with van der Waals surface area (Å²) in [6.45, 7) is 4.64. The van der Waals surface area contributed by atoms with Crippen molar-refractivity contribution in [2.75, 3.05) is 19.6 Å². The van der Waals surface area contributed by atoms with Crippen molar-refractivity contribution in [2.45, 2.75) is 19.9 Å². The van der Waals surface area contributed by atoms with E-state index >= 15 is 0 Å². The summed E-state index contributed by atoms with van der Waals surface area (Å²) in [7, 11) is 0. The molecule has 5 nitrogen and oxygen atoms in total. The maximum atomic E-state index is 13.2. The Bertz CT molecular complexity index is 777. The lowest BCUT2D eigenvalue weighted by Crippen LogP contribution is -2.40. The number of rotatable bonds is 3. The summed E-state index contributed by atoms with van der Waals surface area (Å²) in [6.07, 6.45) is 4.37. The van der Waals surface area contributed by atoms with Crippen LogP contribution < -0.4 is 0 Å². The molecular weight excluding hydrogens is 334 g/mol. The van der Waals surface area contributed by atoms with E-state index in [0.717, 1.165) is 23.4 Å². The molecule has 0 N–H and O–H groups in total. The summed E-state index contributed by atoms with van der Waals surface area (Å²) in [5.41, 5.74) is 0.625. The standard InChI is InChI=1S/C19H21N3O2S/c1-14-11-22(17(23)16-5-3-9-25-16)13-19(14)6-8-21(18(19)24)12-15-4-2-7-20-10-15/h2-5,7,9-10,14H,6,8,11-13H2,1H3/t14-,19-/m1/s1. The highest BCUT2D eigenvalue weighted by Crippen LogP contribution is 2.45. The number of amides is 2. The Hall–Kier alpha value is -2.21. The number of thiophene rings is 1. The van der Waals surface area contributed by atoms with Gasteiger partial charge in [-0.25, -0.2) is 0 Å². The highest BCUT2D eigenvalue weighted by Gasteiger charge is 2.55. The van der Waals surface area contributed by atoms with Crippen LogP contribution in [0.4, 0.5) is 0 Å². The van der Waals surface area contributed by atoms with Crippen LogP contribution in [0, 0.1) is 11.3 Å². The number of nitrogens with zero attached hydrogens (tertiary/aromatic N) is 3. The molecular formula is C19H21N3O2S. The van der Waals surface area contributed by atoms with Gasteiger partial charge in [0.2, 0.25) is 5.91 Å². The second-order valence-corrected chi connectivity index (χ2v) is 8.01.